The summed E-state index contributed by atoms with van der Waals surface area (Å²) in [4.78, 5) is 16.0. The standard InChI is InChI=1S/C16H19N3O5S/c1-23-8-7-18-16(20)14-5-3-4-6-15(14)25(21,22)19-12-9-13(24-2)11-17-10-12/h3-6,9-11,19H,7-8H2,1-2H3,(H,18,20). The van der Waals surface area contributed by atoms with Gasteiger partial charge < -0.3 is 14.8 Å². The number of sulfonamides is 1. The number of nitrogens with one attached hydrogen (secondary N) is 2. The van der Waals surface area contributed by atoms with Crippen LogP contribution in [0.25, 0.3) is 0 Å². The molecule has 0 atom stereocenters. The molecule has 0 bridgehead atoms. The molecule has 0 aliphatic heterocycles. The first-order valence-electron chi connectivity index (χ1n) is 7.36. The fraction of sp³-hybridized carbons (Fsp3) is 0.250. The van der Waals surface area contributed by atoms with E-state index < -0.39 is 15.9 Å². The number of methoxy groups -OCH3 is 2. The van der Waals surface area contributed by atoms with E-state index in [0.29, 0.717) is 12.4 Å². The van der Waals surface area contributed by atoms with Crippen LogP contribution in [0.15, 0.2) is 47.6 Å². The molecule has 1 amide bonds. The number of rotatable bonds is 8. The van der Waals surface area contributed by atoms with Crippen LogP contribution in [0.3, 0.4) is 0 Å². The van der Waals surface area contributed by atoms with E-state index in [1.807, 2.05) is 0 Å². The molecule has 0 unspecified atom stereocenters. The maximum Gasteiger partial charge on any atom is 0.262 e. The number of carbonyl (C=O) groups excluding carboxylic acids is 1. The van der Waals surface area contributed by atoms with Gasteiger partial charge in [-0.3, -0.25) is 14.5 Å². The SMILES string of the molecule is COCCNC(=O)c1ccccc1S(=O)(=O)Nc1cncc(OC)c1. The van der Waals surface area contributed by atoms with Gasteiger partial charge in [-0.15, -0.1) is 0 Å². The van der Waals surface area contributed by atoms with Crippen LogP contribution in [-0.4, -0.2) is 46.7 Å². The number of anilines is 1. The van der Waals surface area contributed by atoms with Crippen molar-refractivity contribution in [1.29, 1.82) is 0 Å². The fourth-order valence-electron chi connectivity index (χ4n) is 2.05. The maximum atomic E-state index is 12.7. The number of nitrogens with zero attached hydrogens (tertiary/aromatic N) is 1. The highest BCUT2D eigenvalue weighted by molar-refractivity contribution is 7.92. The molecule has 0 fully saturated rings. The van der Waals surface area contributed by atoms with E-state index in [-0.39, 0.29) is 22.7 Å². The third-order valence-electron chi connectivity index (χ3n) is 3.21. The molecule has 1 aromatic heterocycles. The van der Waals surface area contributed by atoms with Gasteiger partial charge in [-0.1, -0.05) is 12.1 Å². The molecular formula is C16H19N3O5S. The number of benzene rings is 1. The lowest BCUT2D eigenvalue weighted by Gasteiger charge is -2.12. The maximum absolute atomic E-state index is 12.7. The predicted octanol–water partition coefficient (Wildman–Crippen LogP) is 1.27. The summed E-state index contributed by atoms with van der Waals surface area (Å²) in [6, 6.07) is 7.44. The highest BCUT2D eigenvalue weighted by atomic mass is 32.2. The minimum Gasteiger partial charge on any atom is -0.495 e. The Kier molecular flexibility index (Phi) is 6.31. The van der Waals surface area contributed by atoms with Crippen molar-refractivity contribution in [2.75, 3.05) is 32.1 Å². The molecule has 8 nitrogen and oxygen atoms in total. The Bertz CT molecular complexity index is 839. The van der Waals surface area contributed by atoms with E-state index in [0.717, 1.165) is 0 Å². The lowest BCUT2D eigenvalue weighted by molar-refractivity contribution is 0.0934. The van der Waals surface area contributed by atoms with Gasteiger partial charge in [0.25, 0.3) is 15.9 Å². The van der Waals surface area contributed by atoms with Gasteiger partial charge in [0.1, 0.15) is 10.6 Å². The first-order chi connectivity index (χ1) is 12.0. The molecule has 0 aliphatic rings. The zero-order chi connectivity index (χ0) is 18.3. The van der Waals surface area contributed by atoms with Crippen LogP contribution in [0, 0.1) is 0 Å². The predicted molar refractivity (Wildman–Crippen MR) is 92.2 cm³/mol. The summed E-state index contributed by atoms with van der Waals surface area (Å²) in [6.45, 7) is 0.603. The summed E-state index contributed by atoms with van der Waals surface area (Å²) in [6.07, 6.45) is 2.80. The molecule has 0 saturated carbocycles. The van der Waals surface area contributed by atoms with Crippen molar-refractivity contribution in [2.24, 2.45) is 0 Å². The molecule has 2 N–H and O–H groups in total. The van der Waals surface area contributed by atoms with Gasteiger partial charge in [-0.05, 0) is 12.1 Å². The van der Waals surface area contributed by atoms with Crippen LogP contribution in [0.1, 0.15) is 10.4 Å². The second kappa shape index (κ2) is 8.45. The van der Waals surface area contributed by atoms with Crippen molar-refractivity contribution in [1.82, 2.24) is 10.3 Å². The quantitative estimate of drug-likeness (QED) is 0.682. The van der Waals surface area contributed by atoms with Gasteiger partial charge >= 0.3 is 0 Å². The summed E-state index contributed by atoms with van der Waals surface area (Å²) in [5.41, 5.74) is 0.274. The smallest absolute Gasteiger partial charge is 0.262 e. The van der Waals surface area contributed by atoms with E-state index in [9.17, 15) is 13.2 Å². The molecule has 1 heterocycles. The van der Waals surface area contributed by atoms with Crippen LogP contribution in [0.5, 0.6) is 5.75 Å². The van der Waals surface area contributed by atoms with Crippen molar-refractivity contribution in [3.05, 3.63) is 48.3 Å². The zero-order valence-electron chi connectivity index (χ0n) is 13.9. The van der Waals surface area contributed by atoms with Gasteiger partial charge in [0.15, 0.2) is 0 Å². The topological polar surface area (TPSA) is 107 Å². The number of pyridine rings is 1. The minimum absolute atomic E-state index is 0.0435. The molecule has 1 aromatic carbocycles. The third kappa shape index (κ3) is 4.91. The Hall–Kier alpha value is -2.65. The number of hydrogen-bond acceptors (Lipinski definition) is 6. The second-order valence-electron chi connectivity index (χ2n) is 4.96. The van der Waals surface area contributed by atoms with Gasteiger partial charge in [0.2, 0.25) is 0 Å². The van der Waals surface area contributed by atoms with Crippen LogP contribution < -0.4 is 14.8 Å². The lowest BCUT2D eigenvalue weighted by atomic mass is 10.2. The van der Waals surface area contributed by atoms with E-state index >= 15 is 0 Å². The molecule has 25 heavy (non-hydrogen) atoms. The normalized spacial score (nSPS) is 11.0. The number of hydrogen-bond donors (Lipinski definition) is 2. The summed E-state index contributed by atoms with van der Waals surface area (Å²) in [5, 5.41) is 2.61. The van der Waals surface area contributed by atoms with Crippen LogP contribution in [0.4, 0.5) is 5.69 Å². The van der Waals surface area contributed by atoms with Gasteiger partial charge in [-0.2, -0.15) is 0 Å². The van der Waals surface area contributed by atoms with Gasteiger partial charge in [0.05, 0.1) is 37.4 Å². The molecule has 2 aromatic rings. The third-order valence-corrected chi connectivity index (χ3v) is 4.65. The van der Waals surface area contributed by atoms with E-state index in [1.165, 1.54) is 44.8 Å². The molecule has 9 heteroatoms. The number of aromatic nitrogens is 1. The van der Waals surface area contributed by atoms with E-state index in [4.69, 9.17) is 9.47 Å². The molecule has 0 saturated heterocycles. The summed E-state index contributed by atoms with van der Waals surface area (Å²) >= 11 is 0. The average molecular weight is 365 g/mol. The van der Waals surface area contributed by atoms with Crippen LogP contribution >= 0.6 is 0 Å². The van der Waals surface area contributed by atoms with Crippen molar-refractivity contribution in [2.45, 2.75) is 4.90 Å². The Morgan fingerprint density at radius 3 is 2.68 bits per heavy atom. The minimum atomic E-state index is -3.98. The molecule has 0 spiro atoms. The Morgan fingerprint density at radius 1 is 1.20 bits per heavy atom. The summed E-state index contributed by atoms with van der Waals surface area (Å²) in [5.74, 6) is -0.0902. The van der Waals surface area contributed by atoms with Crippen molar-refractivity contribution in [3.8, 4) is 5.75 Å². The lowest BCUT2D eigenvalue weighted by Crippen LogP contribution is -2.29. The summed E-state index contributed by atoms with van der Waals surface area (Å²) < 4.78 is 37.6. The highest BCUT2D eigenvalue weighted by Gasteiger charge is 2.22. The molecular weight excluding hydrogens is 346 g/mol. The number of carbonyl (C=O) groups is 1. The molecule has 2 rings (SSSR count). The Morgan fingerprint density at radius 2 is 1.96 bits per heavy atom. The highest BCUT2D eigenvalue weighted by Crippen LogP contribution is 2.21. The van der Waals surface area contributed by atoms with Crippen molar-refractivity contribution < 1.29 is 22.7 Å². The summed E-state index contributed by atoms with van der Waals surface area (Å²) in [7, 11) is -1.02. The Balaban J connectivity index is 2.28. The second-order valence-corrected chi connectivity index (χ2v) is 6.61. The van der Waals surface area contributed by atoms with Crippen LogP contribution in [0.2, 0.25) is 0 Å². The number of ether oxygens (including phenoxy) is 2. The Labute approximate surface area is 146 Å². The van der Waals surface area contributed by atoms with Gasteiger partial charge in [-0.25, -0.2) is 8.42 Å². The molecule has 0 aliphatic carbocycles. The first kappa shape index (κ1) is 18.7. The monoisotopic (exact) mass is 365 g/mol. The van der Waals surface area contributed by atoms with E-state index in [2.05, 4.69) is 15.0 Å². The number of amides is 1. The zero-order valence-corrected chi connectivity index (χ0v) is 14.7. The van der Waals surface area contributed by atoms with E-state index in [1.54, 1.807) is 12.1 Å². The van der Waals surface area contributed by atoms with Crippen molar-refractivity contribution >= 4 is 21.6 Å². The van der Waals surface area contributed by atoms with Gasteiger partial charge in [0, 0.05) is 19.7 Å². The fourth-order valence-corrected chi connectivity index (χ4v) is 3.29. The van der Waals surface area contributed by atoms with Crippen LogP contribution in [-0.2, 0) is 14.8 Å². The molecule has 134 valence electrons. The molecule has 0 radical (unpaired) electrons. The van der Waals surface area contributed by atoms with Crippen molar-refractivity contribution in [3.63, 3.8) is 0 Å². The largest absolute Gasteiger partial charge is 0.495 e. The average Bonchev–Trinajstić information content (AvgIpc) is 2.61. The first-order valence-corrected chi connectivity index (χ1v) is 8.84.